The van der Waals surface area contributed by atoms with Crippen molar-refractivity contribution in [2.75, 3.05) is 26.3 Å². The Bertz CT molecular complexity index is 124. The summed E-state index contributed by atoms with van der Waals surface area (Å²) in [6.45, 7) is 8.92. The molecule has 1 heterocycles. The average Bonchev–Trinajstić information content (AvgIpc) is 2.24. The third-order valence-corrected chi connectivity index (χ3v) is 1.05. The molecule has 76 valence electrons. The summed E-state index contributed by atoms with van der Waals surface area (Å²) in [5.74, 6) is -0.481. The minimum atomic E-state index is -0.481. The van der Waals surface area contributed by atoms with E-state index in [2.05, 4.69) is 17.6 Å². The van der Waals surface area contributed by atoms with Crippen molar-refractivity contribution in [2.45, 2.75) is 0 Å². The second kappa shape index (κ2) is 13.4. The molecule has 13 heavy (non-hydrogen) atoms. The van der Waals surface area contributed by atoms with E-state index in [9.17, 15) is 4.79 Å². The molecule has 0 aromatic heterocycles. The summed E-state index contributed by atoms with van der Waals surface area (Å²) in [4.78, 5) is 17.5. The molecule has 1 amide bonds. The molecule has 0 aromatic carbocycles. The van der Waals surface area contributed by atoms with Crippen LogP contribution in [0.4, 0.5) is 0 Å². The molecule has 1 saturated heterocycles. The van der Waals surface area contributed by atoms with Crippen LogP contribution in [-0.2, 0) is 14.3 Å². The lowest BCUT2D eigenvalue weighted by atomic mass is 10.5. The Balaban J connectivity index is 0. The van der Waals surface area contributed by atoms with Crippen molar-refractivity contribution >= 4 is 12.7 Å². The van der Waals surface area contributed by atoms with Gasteiger partial charge in [0.15, 0.2) is 0 Å². The molecule has 5 heteroatoms. The summed E-state index contributed by atoms with van der Waals surface area (Å²) < 4.78 is 5.01. The molecule has 0 aromatic rings. The maximum absolute atomic E-state index is 9.47. The van der Waals surface area contributed by atoms with E-state index >= 15 is 0 Å². The molecule has 0 radical (unpaired) electrons. The molecule has 0 atom stereocenters. The van der Waals surface area contributed by atoms with Gasteiger partial charge in [0.05, 0.1) is 13.2 Å². The van der Waals surface area contributed by atoms with Crippen LogP contribution in [0.3, 0.4) is 0 Å². The van der Waals surface area contributed by atoms with Crippen LogP contribution in [0.2, 0.25) is 0 Å². The predicted octanol–water partition coefficient (Wildman–Crippen LogP) is -0.921. The molecular formula is C8H16N2O3. The highest BCUT2D eigenvalue weighted by Gasteiger charge is 1.92. The highest BCUT2D eigenvalue weighted by atomic mass is 16.5. The SMILES string of the molecule is C1COCCN1.C=CC(N)=O.C=O. The van der Waals surface area contributed by atoms with E-state index in [1.165, 1.54) is 0 Å². The van der Waals surface area contributed by atoms with Gasteiger partial charge in [0.25, 0.3) is 0 Å². The smallest absolute Gasteiger partial charge is 0.240 e. The fraction of sp³-hybridized carbons (Fsp3) is 0.500. The Kier molecular flexibility index (Phi) is 14.8. The molecule has 1 aliphatic heterocycles. The Morgan fingerprint density at radius 1 is 1.38 bits per heavy atom. The van der Waals surface area contributed by atoms with E-state index in [-0.39, 0.29) is 0 Å². The first-order valence-electron chi connectivity index (χ1n) is 3.76. The average molecular weight is 188 g/mol. The molecule has 0 aliphatic carbocycles. The first kappa shape index (κ1) is 14.3. The highest BCUT2D eigenvalue weighted by Crippen LogP contribution is 1.76. The minimum absolute atomic E-state index is 0.481. The van der Waals surface area contributed by atoms with Crippen molar-refractivity contribution in [3.8, 4) is 0 Å². The van der Waals surface area contributed by atoms with Gasteiger partial charge in [0.2, 0.25) is 5.91 Å². The first-order valence-corrected chi connectivity index (χ1v) is 3.76. The Morgan fingerprint density at radius 3 is 1.85 bits per heavy atom. The van der Waals surface area contributed by atoms with Crippen molar-refractivity contribution in [1.82, 2.24) is 5.32 Å². The monoisotopic (exact) mass is 188 g/mol. The summed E-state index contributed by atoms with van der Waals surface area (Å²) in [5.41, 5.74) is 4.53. The van der Waals surface area contributed by atoms with Crippen LogP contribution in [-0.4, -0.2) is 39.0 Å². The van der Waals surface area contributed by atoms with Crippen LogP contribution >= 0.6 is 0 Å². The van der Waals surface area contributed by atoms with Gasteiger partial charge in [-0.2, -0.15) is 0 Å². The van der Waals surface area contributed by atoms with E-state index in [1.54, 1.807) is 0 Å². The molecule has 1 rings (SSSR count). The van der Waals surface area contributed by atoms with Gasteiger partial charge >= 0.3 is 0 Å². The fourth-order valence-electron chi connectivity index (χ4n) is 0.516. The van der Waals surface area contributed by atoms with Crippen molar-refractivity contribution in [3.63, 3.8) is 0 Å². The van der Waals surface area contributed by atoms with Crippen molar-refractivity contribution < 1.29 is 14.3 Å². The summed E-state index contributed by atoms with van der Waals surface area (Å²) >= 11 is 0. The molecule has 0 saturated carbocycles. The van der Waals surface area contributed by atoms with Crippen LogP contribution in [0.25, 0.3) is 0 Å². The van der Waals surface area contributed by atoms with Gasteiger partial charge in [-0.25, -0.2) is 0 Å². The fourth-order valence-corrected chi connectivity index (χ4v) is 0.516. The number of carbonyl (C=O) groups excluding carboxylic acids is 2. The maximum Gasteiger partial charge on any atom is 0.240 e. The van der Waals surface area contributed by atoms with Gasteiger partial charge in [-0.1, -0.05) is 6.58 Å². The zero-order valence-corrected chi connectivity index (χ0v) is 7.62. The number of primary amides is 1. The Morgan fingerprint density at radius 2 is 1.77 bits per heavy atom. The molecule has 1 fully saturated rings. The number of nitrogens with two attached hydrogens (primary N) is 1. The number of amides is 1. The van der Waals surface area contributed by atoms with Crippen LogP contribution in [0, 0.1) is 0 Å². The third kappa shape index (κ3) is 18.1. The van der Waals surface area contributed by atoms with Crippen LogP contribution in [0.5, 0.6) is 0 Å². The second-order valence-electron chi connectivity index (χ2n) is 1.97. The number of ether oxygens (including phenoxy) is 1. The number of carbonyl (C=O) groups is 2. The standard InChI is InChI=1S/C4H9NO.C3H5NO.CH2O/c1-3-6-4-2-5-1;1-2-3(4)5;1-2/h5H,1-4H2;2H,1H2,(H2,4,5);1H2. The van der Waals surface area contributed by atoms with Gasteiger partial charge in [-0.15, -0.1) is 0 Å². The van der Waals surface area contributed by atoms with Gasteiger partial charge in [0, 0.05) is 13.1 Å². The van der Waals surface area contributed by atoms with Gasteiger partial charge in [0.1, 0.15) is 6.79 Å². The molecule has 0 spiro atoms. The van der Waals surface area contributed by atoms with Crippen LogP contribution < -0.4 is 11.1 Å². The lowest BCUT2D eigenvalue weighted by Crippen LogP contribution is -2.30. The zero-order valence-electron chi connectivity index (χ0n) is 7.62. The minimum Gasteiger partial charge on any atom is -0.379 e. The molecule has 3 N–H and O–H groups in total. The van der Waals surface area contributed by atoms with E-state index in [4.69, 9.17) is 9.53 Å². The second-order valence-corrected chi connectivity index (χ2v) is 1.97. The topological polar surface area (TPSA) is 81.4 Å². The lowest BCUT2D eigenvalue weighted by molar-refractivity contribution is -0.113. The molecule has 0 unspecified atom stereocenters. The summed E-state index contributed by atoms with van der Waals surface area (Å²) in [5, 5.41) is 3.16. The van der Waals surface area contributed by atoms with Crippen molar-refractivity contribution in [3.05, 3.63) is 12.7 Å². The van der Waals surface area contributed by atoms with Gasteiger partial charge < -0.3 is 20.6 Å². The van der Waals surface area contributed by atoms with Gasteiger partial charge in [-0.05, 0) is 6.08 Å². The van der Waals surface area contributed by atoms with Gasteiger partial charge in [-0.3, -0.25) is 4.79 Å². The Hall–Kier alpha value is -1.20. The van der Waals surface area contributed by atoms with E-state index in [0.29, 0.717) is 0 Å². The van der Waals surface area contributed by atoms with E-state index in [0.717, 1.165) is 32.4 Å². The quantitative estimate of drug-likeness (QED) is 0.521. The normalized spacial score (nSPS) is 13.8. The van der Waals surface area contributed by atoms with Crippen molar-refractivity contribution in [1.29, 1.82) is 0 Å². The van der Waals surface area contributed by atoms with Crippen molar-refractivity contribution in [2.24, 2.45) is 5.73 Å². The van der Waals surface area contributed by atoms with E-state index < -0.39 is 5.91 Å². The molecule has 1 aliphatic rings. The highest BCUT2D eigenvalue weighted by molar-refractivity contribution is 5.84. The van der Waals surface area contributed by atoms with Crippen LogP contribution in [0.15, 0.2) is 12.7 Å². The summed E-state index contributed by atoms with van der Waals surface area (Å²) in [7, 11) is 0. The van der Waals surface area contributed by atoms with Crippen LogP contribution in [0.1, 0.15) is 0 Å². The molecule has 0 bridgehead atoms. The number of hydrogen-bond acceptors (Lipinski definition) is 4. The predicted molar refractivity (Wildman–Crippen MR) is 50.2 cm³/mol. The Labute approximate surface area is 77.9 Å². The van der Waals surface area contributed by atoms with E-state index in [1.807, 2.05) is 6.79 Å². The summed E-state index contributed by atoms with van der Waals surface area (Å²) in [6, 6.07) is 0. The first-order chi connectivity index (χ1) is 6.27. The number of morpholine rings is 1. The molecule has 5 nitrogen and oxygen atoms in total. The number of nitrogens with one attached hydrogen (secondary N) is 1. The lowest BCUT2D eigenvalue weighted by Gasteiger charge is -2.10. The number of hydrogen-bond donors (Lipinski definition) is 2. The maximum atomic E-state index is 9.47. The third-order valence-electron chi connectivity index (χ3n) is 1.05. The zero-order chi connectivity index (χ0) is 10.5. The summed E-state index contributed by atoms with van der Waals surface area (Å²) in [6.07, 6.45) is 1.06. The largest absolute Gasteiger partial charge is 0.379 e. The number of rotatable bonds is 1. The molecular weight excluding hydrogens is 172 g/mol.